The number of piperazine rings is 1. The third-order valence-corrected chi connectivity index (χ3v) is 13.8. The fourth-order valence-corrected chi connectivity index (χ4v) is 11.8. The van der Waals surface area contributed by atoms with Gasteiger partial charge in [-0.3, -0.25) is 19.9 Å². The number of nitrogens with one attached hydrogen (secondary N) is 2. The van der Waals surface area contributed by atoms with Crippen LogP contribution in [0.25, 0.3) is 0 Å². The summed E-state index contributed by atoms with van der Waals surface area (Å²) < 4.78 is 23.3. The van der Waals surface area contributed by atoms with Gasteiger partial charge in [-0.15, -0.1) is 11.8 Å². The van der Waals surface area contributed by atoms with Crippen molar-refractivity contribution in [1.82, 2.24) is 20.4 Å². The van der Waals surface area contributed by atoms with Crippen LogP contribution in [0.15, 0.2) is 18.2 Å². The summed E-state index contributed by atoms with van der Waals surface area (Å²) in [5.74, 6) is 1.83. The molecule has 3 aromatic carbocycles. The molecule has 14 heteroatoms. The molecule has 52 heavy (non-hydrogen) atoms. The monoisotopic (exact) mass is 727 g/mol. The minimum Gasteiger partial charge on any atom is -0.507 e. The second-order valence-electron chi connectivity index (χ2n) is 14.6. The van der Waals surface area contributed by atoms with Crippen molar-refractivity contribution in [3.05, 3.63) is 62.7 Å². The number of fused-ring (bicyclic) bond motifs is 9. The van der Waals surface area contributed by atoms with E-state index in [0.29, 0.717) is 53.3 Å². The summed E-state index contributed by atoms with van der Waals surface area (Å²) in [6.45, 7) is 4.31. The number of rotatable bonds is 2. The van der Waals surface area contributed by atoms with Crippen molar-refractivity contribution in [1.29, 1.82) is 5.26 Å². The van der Waals surface area contributed by atoms with E-state index in [1.54, 1.807) is 19.2 Å². The normalized spacial score (nSPS) is 30.0. The van der Waals surface area contributed by atoms with E-state index in [0.717, 1.165) is 27.8 Å². The molecule has 10 rings (SSSR count). The lowest BCUT2D eigenvalue weighted by Gasteiger charge is -2.62. The molecule has 272 valence electrons. The number of phenolic OH excluding ortho intramolecular Hbond substituents is 3. The van der Waals surface area contributed by atoms with Gasteiger partial charge in [-0.2, -0.15) is 5.26 Å². The van der Waals surface area contributed by atoms with Crippen molar-refractivity contribution in [3.63, 3.8) is 0 Å². The maximum Gasteiger partial charge on any atom is 0.245 e. The maximum atomic E-state index is 14.7. The van der Waals surface area contributed by atoms with Crippen LogP contribution in [0.4, 0.5) is 0 Å². The molecule has 2 saturated heterocycles. The standard InChI is InChI=1S/C38H41N5O8S/c1-16-8-19-9-21-22(12-39)43-23-13-40-37(47)38(20-11-25(48-4)24(44)10-18(20)6-7-41-38)14-52-36(28-27(23)35-34(50-15-51-35)17(2)31(28)45)30(43)29(42(21)3)26(19)32(46)33(16)49-5/h8,10-11,21-23,29-30,36,41,44-46H,6-7,9,13-15H2,1-5H3,(H,40,47)/t21?,22-,23-,29?,30?,36+,38+/m0/s1. The number of nitrogens with zero attached hydrogens (tertiary/aromatic N) is 3. The Morgan fingerprint density at radius 2 is 1.83 bits per heavy atom. The molecule has 3 aromatic rings. The number of phenols is 3. The third kappa shape index (κ3) is 4.24. The molecule has 13 nitrogen and oxygen atoms in total. The molecule has 5 N–H and O–H groups in total. The van der Waals surface area contributed by atoms with E-state index in [-0.39, 0.29) is 54.0 Å². The Morgan fingerprint density at radius 1 is 1.04 bits per heavy atom. The second-order valence-corrected chi connectivity index (χ2v) is 15.8. The lowest BCUT2D eigenvalue weighted by molar-refractivity contribution is -0.128. The summed E-state index contributed by atoms with van der Waals surface area (Å²) in [7, 11) is 5.05. The molecule has 7 aliphatic heterocycles. The maximum absolute atomic E-state index is 14.7. The Balaban J connectivity index is 1.31. The summed E-state index contributed by atoms with van der Waals surface area (Å²) in [6.07, 6.45) is 1.14. The molecular weight excluding hydrogens is 687 g/mol. The summed E-state index contributed by atoms with van der Waals surface area (Å²) in [5, 5.41) is 52.3. The number of hydrogen-bond donors (Lipinski definition) is 5. The van der Waals surface area contributed by atoms with Gasteiger partial charge in [0.2, 0.25) is 12.7 Å². The van der Waals surface area contributed by atoms with Crippen molar-refractivity contribution in [2.75, 3.05) is 46.9 Å². The molecule has 7 atom stereocenters. The minimum absolute atomic E-state index is 0.00936. The molecule has 0 saturated carbocycles. The number of nitriles is 1. The van der Waals surface area contributed by atoms with Gasteiger partial charge >= 0.3 is 0 Å². The number of benzene rings is 3. The fraction of sp³-hybridized carbons (Fsp3) is 0.474. The van der Waals surface area contributed by atoms with Crippen molar-refractivity contribution in [2.45, 2.75) is 67.7 Å². The number of amides is 1. The zero-order chi connectivity index (χ0) is 36.4. The summed E-state index contributed by atoms with van der Waals surface area (Å²) in [6, 6.07) is 5.82. The van der Waals surface area contributed by atoms with E-state index in [1.807, 2.05) is 20.9 Å². The van der Waals surface area contributed by atoms with Crippen LogP contribution in [-0.4, -0.2) is 96.1 Å². The molecule has 0 radical (unpaired) electrons. The van der Waals surface area contributed by atoms with Gasteiger partial charge in [-0.1, -0.05) is 6.07 Å². The molecule has 3 unspecified atom stereocenters. The van der Waals surface area contributed by atoms with Gasteiger partial charge in [-0.25, -0.2) is 0 Å². The Morgan fingerprint density at radius 3 is 2.58 bits per heavy atom. The van der Waals surface area contributed by atoms with Gasteiger partial charge in [0.15, 0.2) is 34.5 Å². The fourth-order valence-electron chi connectivity index (χ4n) is 10.1. The average molecular weight is 728 g/mol. The number of aryl methyl sites for hydroxylation is 1. The molecule has 7 heterocycles. The topological polar surface area (TPSA) is 169 Å². The molecule has 4 bridgehead atoms. The van der Waals surface area contributed by atoms with Crippen LogP contribution in [0.5, 0.6) is 40.2 Å². The summed E-state index contributed by atoms with van der Waals surface area (Å²) >= 11 is 1.52. The Hall–Kier alpha value is -4.55. The quantitative estimate of drug-likeness (QED) is 0.261. The number of thioether (sulfide) groups is 1. The highest BCUT2D eigenvalue weighted by molar-refractivity contribution is 7.99. The molecule has 7 aliphatic rings. The SMILES string of the molecule is COc1cc2c(cc1O)CCN[C@]21CS[C@@H]2c3c(O)c(C)c4c(c3[C@H](CNC1=O)N1C2C2c3c(cc(C)c(OC)c3O)CC([C@@H]1C#N)N2C)OCO4. The number of aromatic hydroxyl groups is 3. The smallest absolute Gasteiger partial charge is 0.245 e. The van der Waals surface area contributed by atoms with Gasteiger partial charge in [0.1, 0.15) is 17.3 Å². The molecular formula is C38H41N5O8S. The van der Waals surface area contributed by atoms with Gasteiger partial charge in [-0.05, 0) is 68.1 Å². The first kappa shape index (κ1) is 33.3. The van der Waals surface area contributed by atoms with E-state index in [2.05, 4.69) is 32.6 Å². The number of carbonyl (C=O) groups excluding carboxylic acids is 1. The second kappa shape index (κ2) is 11.7. The van der Waals surface area contributed by atoms with Gasteiger partial charge < -0.3 is 39.6 Å². The lowest BCUT2D eigenvalue weighted by Crippen LogP contribution is -2.70. The number of hydrogen-bond acceptors (Lipinski definition) is 13. The van der Waals surface area contributed by atoms with E-state index in [4.69, 9.17) is 18.9 Å². The van der Waals surface area contributed by atoms with Crippen LogP contribution in [0, 0.1) is 25.2 Å². The van der Waals surface area contributed by atoms with Crippen molar-refractivity contribution >= 4 is 17.7 Å². The minimum atomic E-state index is -1.21. The van der Waals surface area contributed by atoms with E-state index >= 15 is 0 Å². The van der Waals surface area contributed by atoms with Crippen molar-refractivity contribution < 1.29 is 39.1 Å². The van der Waals surface area contributed by atoms with Crippen LogP contribution in [0.3, 0.4) is 0 Å². The lowest BCUT2D eigenvalue weighted by atomic mass is 9.71. The predicted molar refractivity (Wildman–Crippen MR) is 190 cm³/mol. The van der Waals surface area contributed by atoms with Crippen LogP contribution in [-0.2, 0) is 23.2 Å². The molecule has 0 aliphatic carbocycles. The highest BCUT2D eigenvalue weighted by atomic mass is 32.2. The van der Waals surface area contributed by atoms with Crippen LogP contribution >= 0.6 is 11.8 Å². The highest BCUT2D eigenvalue weighted by Gasteiger charge is 2.61. The summed E-state index contributed by atoms with van der Waals surface area (Å²) in [5.41, 5.74) is 4.82. The number of carbonyl (C=O) groups is 1. The number of methoxy groups -OCH3 is 2. The molecule has 2 fully saturated rings. The van der Waals surface area contributed by atoms with Crippen LogP contribution < -0.4 is 29.6 Å². The first-order chi connectivity index (χ1) is 25.1. The Kier molecular flexibility index (Phi) is 7.51. The van der Waals surface area contributed by atoms with Gasteiger partial charge in [0.25, 0.3) is 0 Å². The van der Waals surface area contributed by atoms with Crippen molar-refractivity contribution in [3.8, 4) is 46.3 Å². The van der Waals surface area contributed by atoms with Crippen molar-refractivity contribution in [2.24, 2.45) is 0 Å². The van der Waals surface area contributed by atoms with Gasteiger partial charge in [0, 0.05) is 53.2 Å². The molecule has 1 spiro atoms. The number of ether oxygens (including phenoxy) is 4. The first-order valence-corrected chi connectivity index (χ1v) is 18.6. The number of likely N-dealkylation sites (N-methyl/N-ethyl adjacent to an activating group) is 1. The molecule has 0 aromatic heterocycles. The van der Waals surface area contributed by atoms with E-state index in [1.165, 1.54) is 18.9 Å². The highest BCUT2D eigenvalue weighted by Crippen LogP contribution is 2.64. The average Bonchev–Trinajstić information content (AvgIpc) is 3.62. The van der Waals surface area contributed by atoms with Crippen LogP contribution in [0.2, 0.25) is 0 Å². The van der Waals surface area contributed by atoms with E-state index < -0.39 is 35.0 Å². The zero-order valence-electron chi connectivity index (χ0n) is 29.6. The zero-order valence-corrected chi connectivity index (χ0v) is 30.4. The molecule has 1 amide bonds. The van der Waals surface area contributed by atoms with Gasteiger partial charge in [0.05, 0.1) is 37.6 Å². The third-order valence-electron chi connectivity index (χ3n) is 12.3. The summed E-state index contributed by atoms with van der Waals surface area (Å²) in [4.78, 5) is 19.2. The Bertz CT molecular complexity index is 2100. The van der Waals surface area contributed by atoms with E-state index in [9.17, 15) is 25.4 Å². The largest absolute Gasteiger partial charge is 0.507 e. The Labute approximate surface area is 305 Å². The predicted octanol–water partition coefficient (Wildman–Crippen LogP) is 3.34. The van der Waals surface area contributed by atoms with Crippen LogP contribution in [0.1, 0.15) is 61.8 Å². The first-order valence-electron chi connectivity index (χ1n) is 17.5.